The quantitative estimate of drug-likeness (QED) is 0.595. The largest absolute Gasteiger partial charge is 0.385 e. The zero-order valence-corrected chi connectivity index (χ0v) is 14.8. The van der Waals surface area contributed by atoms with Gasteiger partial charge in [-0.25, -0.2) is 0 Å². The molecule has 0 radical (unpaired) electrons. The highest BCUT2D eigenvalue weighted by Crippen LogP contribution is 2.24. The van der Waals surface area contributed by atoms with Crippen molar-refractivity contribution in [3.05, 3.63) is 47.1 Å². The summed E-state index contributed by atoms with van der Waals surface area (Å²) in [7, 11) is 1.63. The van der Waals surface area contributed by atoms with E-state index < -0.39 is 6.55 Å². The average molecular weight is 413 g/mol. The van der Waals surface area contributed by atoms with E-state index in [-0.39, 0.29) is 6.04 Å². The summed E-state index contributed by atoms with van der Waals surface area (Å²) >= 11 is 3.36. The van der Waals surface area contributed by atoms with Gasteiger partial charge in [0.1, 0.15) is 5.69 Å². The van der Waals surface area contributed by atoms with Crippen molar-refractivity contribution >= 4 is 15.9 Å². The van der Waals surface area contributed by atoms with Crippen LogP contribution in [-0.4, -0.2) is 43.5 Å². The third-order valence-electron chi connectivity index (χ3n) is 3.59. The van der Waals surface area contributed by atoms with Crippen LogP contribution in [0.15, 0.2) is 41.4 Å². The summed E-state index contributed by atoms with van der Waals surface area (Å²) in [4.78, 5) is 4.79. The Kier molecular flexibility index (Phi) is 5.49. The third-order valence-corrected chi connectivity index (χ3v) is 4.06. The van der Waals surface area contributed by atoms with E-state index in [0.717, 1.165) is 10.2 Å². The van der Waals surface area contributed by atoms with Gasteiger partial charge in [-0.05, 0) is 34.5 Å². The number of ether oxygens (including phenoxy) is 1. The molecule has 1 atom stereocenters. The zero-order valence-electron chi connectivity index (χ0n) is 13.3. The van der Waals surface area contributed by atoms with E-state index in [1.165, 1.54) is 6.20 Å². The predicted octanol–water partition coefficient (Wildman–Crippen LogP) is 3.32. The van der Waals surface area contributed by atoms with Crippen molar-refractivity contribution in [2.45, 2.75) is 19.0 Å². The molecule has 0 amide bonds. The van der Waals surface area contributed by atoms with E-state index in [2.05, 4.69) is 36.2 Å². The Balaban J connectivity index is 1.88. The maximum atomic E-state index is 12.6. The Bertz CT molecular complexity index is 820. The highest BCUT2D eigenvalue weighted by molar-refractivity contribution is 9.10. The molecule has 3 aromatic rings. The van der Waals surface area contributed by atoms with Gasteiger partial charge in [-0.1, -0.05) is 0 Å². The normalized spacial score (nSPS) is 12.7. The smallest absolute Gasteiger partial charge is 0.348 e. The summed E-state index contributed by atoms with van der Waals surface area (Å²) in [6.07, 6.45) is 6.97. The van der Waals surface area contributed by atoms with E-state index in [1.807, 2.05) is 12.1 Å². The molecule has 0 aromatic carbocycles. The molecule has 0 saturated carbocycles. The lowest BCUT2D eigenvalue weighted by Crippen LogP contribution is -2.14. The fourth-order valence-electron chi connectivity index (χ4n) is 2.37. The van der Waals surface area contributed by atoms with Crippen molar-refractivity contribution in [1.82, 2.24) is 29.8 Å². The van der Waals surface area contributed by atoms with Gasteiger partial charge in [0, 0.05) is 36.1 Å². The Hall–Kier alpha value is -2.20. The van der Waals surface area contributed by atoms with Gasteiger partial charge in [0.05, 0.1) is 24.1 Å². The van der Waals surface area contributed by atoms with Crippen LogP contribution in [0.25, 0.3) is 11.3 Å². The van der Waals surface area contributed by atoms with Crippen LogP contribution in [0.1, 0.15) is 24.7 Å². The molecule has 0 aliphatic rings. The van der Waals surface area contributed by atoms with Gasteiger partial charge in [-0.2, -0.15) is 19.0 Å². The lowest BCUT2D eigenvalue weighted by molar-refractivity contribution is 0.0415. The van der Waals surface area contributed by atoms with Crippen LogP contribution in [-0.2, 0) is 4.74 Å². The van der Waals surface area contributed by atoms with E-state index in [0.29, 0.717) is 29.1 Å². The summed E-state index contributed by atoms with van der Waals surface area (Å²) < 4.78 is 33.0. The maximum absolute atomic E-state index is 12.6. The topological polar surface area (TPSA) is 70.7 Å². The first-order chi connectivity index (χ1) is 12.1. The fraction of sp³-hybridized carbons (Fsp3) is 0.333. The lowest BCUT2D eigenvalue weighted by Gasteiger charge is -2.16. The maximum Gasteiger partial charge on any atom is 0.348 e. The molecule has 3 heterocycles. The Morgan fingerprint density at radius 1 is 1.20 bits per heavy atom. The van der Waals surface area contributed by atoms with Crippen molar-refractivity contribution in [2.75, 3.05) is 13.7 Å². The minimum absolute atomic E-state index is 0.146. The molecule has 3 aromatic heterocycles. The number of aromatic nitrogens is 6. The zero-order chi connectivity index (χ0) is 17.8. The number of methoxy groups -OCH3 is 1. The SMILES string of the molecule is COCCC(c1ccc(Br)cn1)n1cc(-c2cnn(C(F)F)n2)cn1. The molecule has 132 valence electrons. The second-order valence-electron chi connectivity index (χ2n) is 5.24. The van der Waals surface area contributed by atoms with Crippen LogP contribution >= 0.6 is 15.9 Å². The summed E-state index contributed by atoms with van der Waals surface area (Å²) in [6, 6.07) is 3.66. The lowest BCUT2D eigenvalue weighted by atomic mass is 10.1. The molecule has 0 fully saturated rings. The van der Waals surface area contributed by atoms with Gasteiger partial charge in [0.2, 0.25) is 0 Å². The third kappa shape index (κ3) is 4.07. The van der Waals surface area contributed by atoms with Gasteiger partial charge in [-0.15, -0.1) is 9.90 Å². The van der Waals surface area contributed by atoms with E-state index in [9.17, 15) is 8.78 Å². The van der Waals surface area contributed by atoms with E-state index in [1.54, 1.807) is 30.4 Å². The monoisotopic (exact) mass is 412 g/mol. The van der Waals surface area contributed by atoms with Crippen LogP contribution < -0.4 is 0 Å². The summed E-state index contributed by atoms with van der Waals surface area (Å²) in [5.41, 5.74) is 1.76. The molecule has 7 nitrogen and oxygen atoms in total. The number of alkyl halides is 2. The second-order valence-corrected chi connectivity index (χ2v) is 6.15. The van der Waals surface area contributed by atoms with Crippen molar-refractivity contribution in [1.29, 1.82) is 0 Å². The molecule has 0 bridgehead atoms. The number of halogens is 3. The summed E-state index contributed by atoms with van der Waals surface area (Å²) in [6.45, 7) is -2.25. The fourth-order valence-corrected chi connectivity index (χ4v) is 2.61. The van der Waals surface area contributed by atoms with Gasteiger partial charge in [0.25, 0.3) is 0 Å². The van der Waals surface area contributed by atoms with E-state index >= 15 is 0 Å². The predicted molar refractivity (Wildman–Crippen MR) is 89.1 cm³/mol. The van der Waals surface area contributed by atoms with Crippen molar-refractivity contribution < 1.29 is 13.5 Å². The molecular formula is C15H15BrF2N6O. The number of hydrogen-bond donors (Lipinski definition) is 0. The minimum Gasteiger partial charge on any atom is -0.385 e. The summed E-state index contributed by atoms with van der Waals surface area (Å²) in [5.74, 6) is 0. The number of rotatable bonds is 7. The van der Waals surface area contributed by atoms with Gasteiger partial charge < -0.3 is 4.74 Å². The Labute approximate surface area is 150 Å². The first-order valence-electron chi connectivity index (χ1n) is 7.43. The van der Waals surface area contributed by atoms with Crippen molar-refractivity contribution in [3.8, 4) is 11.3 Å². The molecule has 10 heteroatoms. The molecule has 0 aliphatic heterocycles. The molecule has 0 N–H and O–H groups in total. The molecule has 0 spiro atoms. The molecule has 3 rings (SSSR count). The molecular weight excluding hydrogens is 398 g/mol. The molecule has 0 aliphatic carbocycles. The van der Waals surface area contributed by atoms with Gasteiger partial charge in [0.15, 0.2) is 0 Å². The molecule has 1 unspecified atom stereocenters. The standard InChI is InChI=1S/C15H15BrF2N6O/c1-25-5-4-14(12-3-2-11(16)7-19-12)23-9-10(6-20-23)13-8-21-24(22-13)15(17)18/h2-3,6-9,14-15H,4-5H2,1H3. The highest BCUT2D eigenvalue weighted by Gasteiger charge is 2.18. The number of pyridine rings is 1. The van der Waals surface area contributed by atoms with Crippen LogP contribution in [0, 0.1) is 0 Å². The van der Waals surface area contributed by atoms with Gasteiger partial charge in [-0.3, -0.25) is 9.67 Å². The van der Waals surface area contributed by atoms with Crippen LogP contribution in [0.2, 0.25) is 0 Å². The van der Waals surface area contributed by atoms with E-state index in [4.69, 9.17) is 4.74 Å². The molecule has 25 heavy (non-hydrogen) atoms. The second kappa shape index (κ2) is 7.79. The Morgan fingerprint density at radius 2 is 2.04 bits per heavy atom. The number of nitrogens with zero attached hydrogens (tertiary/aromatic N) is 6. The number of hydrogen-bond acceptors (Lipinski definition) is 5. The first kappa shape index (κ1) is 17.6. The highest BCUT2D eigenvalue weighted by atomic mass is 79.9. The van der Waals surface area contributed by atoms with Crippen LogP contribution in [0.5, 0.6) is 0 Å². The minimum atomic E-state index is -2.77. The van der Waals surface area contributed by atoms with Crippen molar-refractivity contribution in [3.63, 3.8) is 0 Å². The van der Waals surface area contributed by atoms with Crippen molar-refractivity contribution in [2.24, 2.45) is 0 Å². The van der Waals surface area contributed by atoms with Gasteiger partial charge >= 0.3 is 6.55 Å². The van der Waals surface area contributed by atoms with Crippen LogP contribution in [0.4, 0.5) is 8.78 Å². The Morgan fingerprint density at radius 3 is 2.68 bits per heavy atom. The van der Waals surface area contributed by atoms with Crippen LogP contribution in [0.3, 0.4) is 0 Å². The summed E-state index contributed by atoms with van der Waals surface area (Å²) in [5, 5.41) is 11.6. The first-order valence-corrected chi connectivity index (χ1v) is 8.22. The molecule has 0 saturated heterocycles. The average Bonchev–Trinajstić information content (AvgIpc) is 3.26.